The Hall–Kier alpha value is -0.810. The molecule has 0 amide bonds. The first-order chi connectivity index (χ1) is 10.1. The van der Waals surface area contributed by atoms with E-state index in [1.54, 1.807) is 12.1 Å². The molecule has 2 fully saturated rings. The first-order valence-corrected chi connectivity index (χ1v) is 7.76. The summed E-state index contributed by atoms with van der Waals surface area (Å²) in [7, 11) is 4.32. The van der Waals surface area contributed by atoms with Gasteiger partial charge in [0.2, 0.25) is 0 Å². The maximum atomic E-state index is 11.3. The largest absolute Gasteiger partial charge is 0.478 e. The van der Waals surface area contributed by atoms with Crippen LogP contribution in [0.5, 0.6) is 0 Å². The van der Waals surface area contributed by atoms with Crippen LogP contribution in [0.25, 0.3) is 0 Å². The number of hydrogen-bond acceptors (Lipinski definition) is 3. The quantitative estimate of drug-likeness (QED) is 0.876. The molecule has 0 radical (unpaired) electrons. The van der Waals surface area contributed by atoms with Crippen LogP contribution in [0.4, 0.5) is 0 Å². The highest BCUT2D eigenvalue weighted by Gasteiger charge is 2.43. The Morgan fingerprint density at radius 2 is 1.87 bits per heavy atom. The number of halogens is 2. The van der Waals surface area contributed by atoms with E-state index in [0.717, 1.165) is 37.0 Å². The summed E-state index contributed by atoms with van der Waals surface area (Å²) in [6, 6.07) is 7.98. The molecule has 1 heterocycles. The zero-order valence-corrected chi connectivity index (χ0v) is 15.3. The van der Waals surface area contributed by atoms with Gasteiger partial charge in [0, 0.05) is 25.7 Å². The first kappa shape index (κ1) is 20.2. The van der Waals surface area contributed by atoms with E-state index in [9.17, 15) is 9.90 Å². The van der Waals surface area contributed by atoms with Crippen LogP contribution in [0, 0.1) is 11.8 Å². The standard InChI is InChI=1S/C17H24N2O2.2ClH/c1-18(2)16-11-19(10-15(16)12-7-8-12)9-13-5-3-4-6-14(13)17(20)21;;/h3-6,12,15-16H,7-11H2,1-2H3,(H,20,21);2*1H/t15-,16+;;/m1../s1. The van der Waals surface area contributed by atoms with E-state index in [1.807, 2.05) is 12.1 Å². The molecule has 1 saturated carbocycles. The fraction of sp³-hybridized carbons (Fsp3) is 0.588. The maximum absolute atomic E-state index is 11.3. The minimum atomic E-state index is -0.826. The summed E-state index contributed by atoms with van der Waals surface area (Å²) < 4.78 is 0. The van der Waals surface area contributed by atoms with Crippen molar-refractivity contribution < 1.29 is 9.90 Å². The first-order valence-electron chi connectivity index (χ1n) is 7.76. The molecule has 1 aliphatic heterocycles. The molecular weight excluding hydrogens is 335 g/mol. The van der Waals surface area contributed by atoms with Crippen LogP contribution in [0.15, 0.2) is 24.3 Å². The van der Waals surface area contributed by atoms with E-state index in [0.29, 0.717) is 11.6 Å². The molecule has 1 aromatic rings. The van der Waals surface area contributed by atoms with Gasteiger partial charge in [-0.05, 0) is 50.4 Å². The molecule has 0 unspecified atom stereocenters. The minimum absolute atomic E-state index is 0. The lowest BCUT2D eigenvalue weighted by Gasteiger charge is -2.25. The Morgan fingerprint density at radius 3 is 2.43 bits per heavy atom. The number of rotatable bonds is 5. The molecule has 0 aromatic heterocycles. The number of likely N-dealkylation sites (tertiary alicyclic amines) is 1. The summed E-state index contributed by atoms with van der Waals surface area (Å²) in [5.74, 6) is 0.807. The van der Waals surface area contributed by atoms with Crippen molar-refractivity contribution in [2.45, 2.75) is 25.4 Å². The molecule has 2 atom stereocenters. The lowest BCUT2D eigenvalue weighted by molar-refractivity contribution is 0.0694. The lowest BCUT2D eigenvalue weighted by atomic mass is 9.97. The monoisotopic (exact) mass is 360 g/mol. The predicted octanol–water partition coefficient (Wildman–Crippen LogP) is 3.00. The van der Waals surface area contributed by atoms with Crippen LogP contribution in [0.1, 0.15) is 28.8 Å². The number of carbonyl (C=O) groups is 1. The summed E-state index contributed by atoms with van der Waals surface area (Å²) in [5.41, 5.74) is 1.37. The van der Waals surface area contributed by atoms with Crippen LogP contribution in [-0.4, -0.2) is 54.1 Å². The van der Waals surface area contributed by atoms with Crippen molar-refractivity contribution in [3.8, 4) is 0 Å². The van der Waals surface area contributed by atoms with Gasteiger partial charge in [-0.2, -0.15) is 0 Å². The highest BCUT2D eigenvalue weighted by atomic mass is 35.5. The van der Waals surface area contributed by atoms with E-state index in [2.05, 4.69) is 23.9 Å². The number of carboxylic acid groups (broad SMARTS) is 1. The van der Waals surface area contributed by atoms with Gasteiger partial charge in [-0.3, -0.25) is 4.90 Å². The second-order valence-corrected chi connectivity index (χ2v) is 6.69. The maximum Gasteiger partial charge on any atom is 0.336 e. The second kappa shape index (κ2) is 8.34. The third kappa shape index (κ3) is 4.60. The van der Waals surface area contributed by atoms with Gasteiger partial charge >= 0.3 is 5.97 Å². The summed E-state index contributed by atoms with van der Waals surface area (Å²) >= 11 is 0. The fourth-order valence-electron chi connectivity index (χ4n) is 3.66. The lowest BCUT2D eigenvalue weighted by Crippen LogP contribution is -2.36. The van der Waals surface area contributed by atoms with Crippen LogP contribution >= 0.6 is 24.8 Å². The third-order valence-corrected chi connectivity index (χ3v) is 4.94. The molecule has 1 saturated heterocycles. The van der Waals surface area contributed by atoms with Gasteiger partial charge < -0.3 is 10.0 Å². The molecule has 2 aliphatic rings. The van der Waals surface area contributed by atoms with E-state index in [4.69, 9.17) is 0 Å². The van der Waals surface area contributed by atoms with Crippen molar-refractivity contribution >= 4 is 30.8 Å². The third-order valence-electron chi connectivity index (χ3n) is 4.94. The average Bonchev–Trinajstić information content (AvgIpc) is 3.20. The molecule has 0 spiro atoms. The Morgan fingerprint density at radius 1 is 1.22 bits per heavy atom. The Balaban J connectivity index is 0.00000132. The number of aromatic carboxylic acids is 1. The summed E-state index contributed by atoms with van der Waals surface area (Å²) in [4.78, 5) is 16.1. The highest BCUT2D eigenvalue weighted by Crippen LogP contribution is 2.42. The Labute approximate surface area is 150 Å². The van der Waals surface area contributed by atoms with Gasteiger partial charge in [0.25, 0.3) is 0 Å². The molecular formula is C17H26Cl2N2O2. The van der Waals surface area contributed by atoms with Gasteiger partial charge in [0.05, 0.1) is 5.56 Å². The van der Waals surface area contributed by atoms with Gasteiger partial charge in [-0.15, -0.1) is 24.8 Å². The van der Waals surface area contributed by atoms with Crippen molar-refractivity contribution in [3.63, 3.8) is 0 Å². The van der Waals surface area contributed by atoms with Crippen molar-refractivity contribution in [2.75, 3.05) is 27.2 Å². The Bertz CT molecular complexity index is 525. The predicted molar refractivity (Wildman–Crippen MR) is 96.9 cm³/mol. The van der Waals surface area contributed by atoms with Crippen molar-refractivity contribution in [1.29, 1.82) is 0 Å². The molecule has 4 nitrogen and oxygen atoms in total. The van der Waals surface area contributed by atoms with E-state index in [-0.39, 0.29) is 24.8 Å². The van der Waals surface area contributed by atoms with Crippen LogP contribution < -0.4 is 0 Å². The fourth-order valence-corrected chi connectivity index (χ4v) is 3.66. The molecule has 130 valence electrons. The summed E-state index contributed by atoms with van der Waals surface area (Å²) in [6.45, 7) is 2.89. The highest BCUT2D eigenvalue weighted by molar-refractivity contribution is 5.89. The van der Waals surface area contributed by atoms with Crippen LogP contribution in [-0.2, 0) is 6.54 Å². The minimum Gasteiger partial charge on any atom is -0.478 e. The van der Waals surface area contributed by atoms with E-state index < -0.39 is 5.97 Å². The second-order valence-electron chi connectivity index (χ2n) is 6.69. The molecule has 0 bridgehead atoms. The van der Waals surface area contributed by atoms with E-state index >= 15 is 0 Å². The summed E-state index contributed by atoms with van der Waals surface area (Å²) in [6.07, 6.45) is 2.74. The van der Waals surface area contributed by atoms with Crippen molar-refractivity contribution in [1.82, 2.24) is 9.80 Å². The smallest absolute Gasteiger partial charge is 0.336 e. The van der Waals surface area contributed by atoms with Crippen molar-refractivity contribution in [3.05, 3.63) is 35.4 Å². The van der Waals surface area contributed by atoms with Gasteiger partial charge in [-0.25, -0.2) is 4.79 Å². The number of likely N-dealkylation sites (N-methyl/N-ethyl adjacent to an activating group) is 1. The normalized spacial score (nSPS) is 24.1. The number of carboxylic acids is 1. The molecule has 6 heteroatoms. The zero-order chi connectivity index (χ0) is 15.0. The van der Waals surface area contributed by atoms with Crippen LogP contribution in [0.3, 0.4) is 0 Å². The molecule has 1 N–H and O–H groups in total. The molecule has 23 heavy (non-hydrogen) atoms. The number of nitrogens with zero attached hydrogens (tertiary/aromatic N) is 2. The van der Waals surface area contributed by atoms with Crippen LogP contribution in [0.2, 0.25) is 0 Å². The van der Waals surface area contributed by atoms with Gasteiger partial charge in [0.1, 0.15) is 0 Å². The van der Waals surface area contributed by atoms with E-state index in [1.165, 1.54) is 12.8 Å². The SMILES string of the molecule is CN(C)[C@H]1CN(Cc2ccccc2C(=O)O)C[C@@H]1C1CC1.Cl.Cl. The van der Waals surface area contributed by atoms with Gasteiger partial charge in [-0.1, -0.05) is 18.2 Å². The molecule has 1 aromatic carbocycles. The van der Waals surface area contributed by atoms with Crippen molar-refractivity contribution in [2.24, 2.45) is 11.8 Å². The van der Waals surface area contributed by atoms with Gasteiger partial charge in [0.15, 0.2) is 0 Å². The zero-order valence-electron chi connectivity index (χ0n) is 13.6. The Kier molecular flexibility index (Phi) is 7.33. The topological polar surface area (TPSA) is 43.8 Å². The molecule has 1 aliphatic carbocycles. The molecule has 3 rings (SSSR count). The number of hydrogen-bond donors (Lipinski definition) is 1. The number of benzene rings is 1. The summed E-state index contributed by atoms with van der Waals surface area (Å²) in [5, 5.41) is 9.30. The average molecular weight is 361 g/mol.